The fourth-order valence-corrected chi connectivity index (χ4v) is 2.92. The number of nitrogens with zero attached hydrogens (tertiary/aromatic N) is 2. The molecule has 0 saturated heterocycles. The lowest BCUT2D eigenvalue weighted by Gasteiger charge is -2.24. The largest absolute Gasteiger partial charge is 0.495 e. The fraction of sp³-hybridized carbons (Fsp3) is 0.375. The molecular weight excluding hydrogens is 280 g/mol. The minimum Gasteiger partial charge on any atom is -0.495 e. The molecule has 1 aliphatic rings. The molecule has 6 heteroatoms. The van der Waals surface area contributed by atoms with Crippen molar-refractivity contribution in [1.82, 2.24) is 15.1 Å². The summed E-state index contributed by atoms with van der Waals surface area (Å²) in [4.78, 5) is 12.3. The van der Waals surface area contributed by atoms with Crippen LogP contribution in [0.5, 0.6) is 5.75 Å². The molecule has 1 aromatic carbocycles. The van der Waals surface area contributed by atoms with Crippen molar-refractivity contribution in [2.75, 3.05) is 12.4 Å². The zero-order valence-corrected chi connectivity index (χ0v) is 12.8. The Morgan fingerprint density at radius 1 is 1.41 bits per heavy atom. The molecule has 0 saturated carbocycles. The van der Waals surface area contributed by atoms with Crippen LogP contribution in [0.25, 0.3) is 0 Å². The zero-order valence-electron chi connectivity index (χ0n) is 12.8. The van der Waals surface area contributed by atoms with Crippen molar-refractivity contribution < 1.29 is 9.53 Å². The third-order valence-corrected chi connectivity index (χ3v) is 4.04. The van der Waals surface area contributed by atoms with E-state index in [1.54, 1.807) is 7.11 Å². The van der Waals surface area contributed by atoms with Gasteiger partial charge in [-0.15, -0.1) is 0 Å². The SMILES string of the molecule is COc1ccccc1NC(=O)N[C@H]1CCCc2c1cnn2C. The first-order valence-electron chi connectivity index (χ1n) is 7.40. The van der Waals surface area contributed by atoms with Gasteiger partial charge in [0.05, 0.1) is 25.0 Å². The van der Waals surface area contributed by atoms with Crippen LogP contribution in [0.15, 0.2) is 30.5 Å². The Kier molecular flexibility index (Phi) is 4.00. The van der Waals surface area contributed by atoms with Gasteiger partial charge in [-0.2, -0.15) is 5.10 Å². The Bertz CT molecular complexity index is 681. The average molecular weight is 300 g/mol. The second-order valence-corrected chi connectivity index (χ2v) is 5.41. The van der Waals surface area contributed by atoms with E-state index in [9.17, 15) is 4.79 Å². The predicted molar refractivity (Wildman–Crippen MR) is 84.0 cm³/mol. The summed E-state index contributed by atoms with van der Waals surface area (Å²) in [5.41, 5.74) is 2.97. The minimum atomic E-state index is -0.230. The van der Waals surface area contributed by atoms with Crippen LogP contribution in [0, 0.1) is 0 Å². The molecule has 2 amide bonds. The van der Waals surface area contributed by atoms with Crippen LogP contribution in [0.4, 0.5) is 10.5 Å². The number of ether oxygens (including phenoxy) is 1. The Hall–Kier alpha value is -2.50. The highest BCUT2D eigenvalue weighted by molar-refractivity contribution is 5.91. The standard InChI is InChI=1S/C16H20N4O2/c1-20-14-8-5-7-12(11(14)10-17-20)18-16(21)19-13-6-3-4-9-15(13)22-2/h3-4,6,9-10,12H,5,7-8H2,1-2H3,(H2,18,19,21)/t12-/m0/s1. The number of aromatic nitrogens is 2. The van der Waals surface area contributed by atoms with E-state index in [-0.39, 0.29) is 12.1 Å². The summed E-state index contributed by atoms with van der Waals surface area (Å²) in [6, 6.07) is 7.13. The first kappa shape index (κ1) is 14.4. The highest BCUT2D eigenvalue weighted by atomic mass is 16.5. The lowest BCUT2D eigenvalue weighted by Crippen LogP contribution is -2.34. The van der Waals surface area contributed by atoms with E-state index < -0.39 is 0 Å². The molecule has 22 heavy (non-hydrogen) atoms. The van der Waals surface area contributed by atoms with E-state index in [4.69, 9.17) is 4.74 Å². The van der Waals surface area contributed by atoms with Crippen LogP contribution in [0.2, 0.25) is 0 Å². The molecule has 1 heterocycles. The molecule has 2 aromatic rings. The summed E-state index contributed by atoms with van der Waals surface area (Å²) in [7, 11) is 3.53. The molecule has 2 N–H and O–H groups in total. The maximum absolute atomic E-state index is 12.3. The number of rotatable bonds is 3. The number of urea groups is 1. The van der Waals surface area contributed by atoms with Crippen LogP contribution in [-0.4, -0.2) is 22.9 Å². The zero-order chi connectivity index (χ0) is 15.5. The van der Waals surface area contributed by atoms with Crippen molar-refractivity contribution in [1.29, 1.82) is 0 Å². The normalized spacial score (nSPS) is 16.7. The number of methoxy groups -OCH3 is 1. The summed E-state index contributed by atoms with van der Waals surface area (Å²) < 4.78 is 7.13. The first-order valence-corrected chi connectivity index (χ1v) is 7.40. The number of para-hydroxylation sites is 2. The molecule has 1 atom stereocenters. The number of hydrogen-bond donors (Lipinski definition) is 2. The van der Waals surface area contributed by atoms with Crippen molar-refractivity contribution in [3.8, 4) is 5.75 Å². The number of nitrogens with one attached hydrogen (secondary N) is 2. The van der Waals surface area contributed by atoms with E-state index in [0.29, 0.717) is 11.4 Å². The average Bonchev–Trinajstić information content (AvgIpc) is 2.90. The second-order valence-electron chi connectivity index (χ2n) is 5.41. The minimum absolute atomic E-state index is 0.00663. The van der Waals surface area contributed by atoms with Crippen molar-refractivity contribution >= 4 is 11.7 Å². The Morgan fingerprint density at radius 3 is 3.05 bits per heavy atom. The van der Waals surface area contributed by atoms with Gasteiger partial charge in [-0.1, -0.05) is 12.1 Å². The van der Waals surface area contributed by atoms with Gasteiger partial charge >= 0.3 is 6.03 Å². The lowest BCUT2D eigenvalue weighted by molar-refractivity contribution is 0.247. The molecule has 6 nitrogen and oxygen atoms in total. The highest BCUT2D eigenvalue weighted by Crippen LogP contribution is 2.29. The van der Waals surface area contributed by atoms with Crippen molar-refractivity contribution in [3.05, 3.63) is 41.7 Å². The lowest BCUT2D eigenvalue weighted by atomic mass is 9.93. The molecule has 1 aromatic heterocycles. The summed E-state index contributed by atoms with van der Waals surface area (Å²) in [5.74, 6) is 0.642. The van der Waals surface area contributed by atoms with E-state index >= 15 is 0 Å². The van der Waals surface area contributed by atoms with E-state index in [2.05, 4.69) is 15.7 Å². The second kappa shape index (κ2) is 6.09. The maximum Gasteiger partial charge on any atom is 0.319 e. The molecule has 0 bridgehead atoms. The van der Waals surface area contributed by atoms with Crippen LogP contribution < -0.4 is 15.4 Å². The van der Waals surface area contributed by atoms with Gasteiger partial charge in [0.15, 0.2) is 0 Å². The Morgan fingerprint density at radius 2 is 2.23 bits per heavy atom. The maximum atomic E-state index is 12.3. The third kappa shape index (κ3) is 2.77. The number of anilines is 1. The smallest absolute Gasteiger partial charge is 0.319 e. The van der Waals surface area contributed by atoms with E-state index in [1.807, 2.05) is 42.2 Å². The number of amides is 2. The molecular formula is C16H20N4O2. The fourth-order valence-electron chi connectivity index (χ4n) is 2.92. The Labute approximate surface area is 129 Å². The van der Waals surface area contributed by atoms with Crippen molar-refractivity contribution in [2.24, 2.45) is 7.05 Å². The number of fused-ring (bicyclic) bond motifs is 1. The van der Waals surface area contributed by atoms with Gasteiger partial charge in [0, 0.05) is 18.3 Å². The molecule has 0 aliphatic heterocycles. The molecule has 1 aliphatic carbocycles. The van der Waals surface area contributed by atoms with Crippen molar-refractivity contribution in [3.63, 3.8) is 0 Å². The van der Waals surface area contributed by atoms with Crippen molar-refractivity contribution in [2.45, 2.75) is 25.3 Å². The molecule has 0 unspecified atom stereocenters. The molecule has 3 rings (SSSR count). The van der Waals surface area contributed by atoms with E-state index in [1.165, 1.54) is 5.69 Å². The summed E-state index contributed by atoms with van der Waals surface area (Å²) in [5, 5.41) is 10.2. The van der Waals surface area contributed by atoms with Gasteiger partial charge in [-0.25, -0.2) is 4.79 Å². The molecule has 0 spiro atoms. The molecule has 0 fully saturated rings. The van der Waals surface area contributed by atoms with Gasteiger partial charge in [0.1, 0.15) is 5.75 Å². The number of benzene rings is 1. The summed E-state index contributed by atoms with van der Waals surface area (Å²) in [6.45, 7) is 0. The number of hydrogen-bond acceptors (Lipinski definition) is 3. The number of carbonyl (C=O) groups is 1. The third-order valence-electron chi connectivity index (χ3n) is 4.04. The highest BCUT2D eigenvalue weighted by Gasteiger charge is 2.24. The van der Waals surface area contributed by atoms with Gasteiger partial charge in [-0.05, 0) is 31.4 Å². The Balaban J connectivity index is 1.70. The van der Waals surface area contributed by atoms with Crippen LogP contribution in [0.3, 0.4) is 0 Å². The number of aryl methyl sites for hydroxylation is 1. The monoisotopic (exact) mass is 300 g/mol. The summed E-state index contributed by atoms with van der Waals surface area (Å²) >= 11 is 0. The molecule has 116 valence electrons. The first-order chi connectivity index (χ1) is 10.7. The van der Waals surface area contributed by atoms with E-state index in [0.717, 1.165) is 24.8 Å². The van der Waals surface area contributed by atoms with Crippen LogP contribution in [0.1, 0.15) is 30.1 Å². The van der Waals surface area contributed by atoms with Gasteiger partial charge in [0.2, 0.25) is 0 Å². The van der Waals surface area contributed by atoms with Gasteiger partial charge < -0.3 is 15.4 Å². The quantitative estimate of drug-likeness (QED) is 0.915. The summed E-state index contributed by atoms with van der Waals surface area (Å²) in [6.07, 6.45) is 4.84. The molecule has 0 radical (unpaired) electrons. The van der Waals surface area contributed by atoms with Crippen LogP contribution >= 0.6 is 0 Å². The topological polar surface area (TPSA) is 68.2 Å². The van der Waals surface area contributed by atoms with Crippen LogP contribution in [-0.2, 0) is 13.5 Å². The number of carbonyl (C=O) groups excluding carboxylic acids is 1. The predicted octanol–water partition coefficient (Wildman–Crippen LogP) is 2.63. The van der Waals surface area contributed by atoms with Gasteiger partial charge in [-0.3, -0.25) is 4.68 Å². The van der Waals surface area contributed by atoms with Gasteiger partial charge in [0.25, 0.3) is 0 Å².